The summed E-state index contributed by atoms with van der Waals surface area (Å²) in [5.41, 5.74) is 4.83. The van der Waals surface area contributed by atoms with Gasteiger partial charge in [-0.2, -0.15) is 5.26 Å². The third-order valence-corrected chi connectivity index (χ3v) is 6.51. The molecule has 1 fully saturated rings. The van der Waals surface area contributed by atoms with Crippen molar-refractivity contribution in [3.8, 4) is 17.3 Å². The maximum atomic E-state index is 13.3. The Kier molecular flexibility index (Phi) is 6.36. The number of amides is 1. The number of hydrogen-bond acceptors (Lipinski definition) is 5. The minimum atomic E-state index is -0.275. The van der Waals surface area contributed by atoms with Crippen molar-refractivity contribution in [1.29, 1.82) is 5.26 Å². The summed E-state index contributed by atoms with van der Waals surface area (Å²) in [6, 6.07) is 15.3. The van der Waals surface area contributed by atoms with E-state index in [1.807, 2.05) is 20.9 Å². The van der Waals surface area contributed by atoms with Crippen LogP contribution in [0.15, 0.2) is 48.5 Å². The van der Waals surface area contributed by atoms with E-state index in [4.69, 9.17) is 5.26 Å². The fraction of sp³-hybridized carbons (Fsp3) is 0.308. The predicted molar refractivity (Wildman–Crippen MR) is 125 cm³/mol. The molecule has 1 aliphatic rings. The Morgan fingerprint density at radius 1 is 1.03 bits per heavy atom. The number of nitrogens with zero attached hydrogens (tertiary/aromatic N) is 5. The molecule has 0 bridgehead atoms. The molecule has 0 unspecified atom stereocenters. The molecule has 1 saturated heterocycles. The smallest absolute Gasteiger partial charge is 0.253 e. The largest absolute Gasteiger partial charge is 0.355 e. The van der Waals surface area contributed by atoms with Crippen molar-refractivity contribution in [3.05, 3.63) is 76.6 Å². The van der Waals surface area contributed by atoms with Crippen LogP contribution < -0.4 is 4.90 Å². The molecule has 0 aliphatic carbocycles. The number of halogens is 1. The molecule has 2 aromatic carbocycles. The van der Waals surface area contributed by atoms with Gasteiger partial charge in [-0.25, -0.2) is 4.39 Å². The molecular weight excluding hydrogens is 417 g/mol. The Morgan fingerprint density at radius 2 is 1.67 bits per heavy atom. The van der Waals surface area contributed by atoms with Crippen molar-refractivity contribution in [2.75, 3.05) is 25.0 Å². The van der Waals surface area contributed by atoms with Gasteiger partial charge in [0.2, 0.25) is 0 Å². The van der Waals surface area contributed by atoms with Crippen molar-refractivity contribution < 1.29 is 9.18 Å². The molecule has 168 valence electrons. The summed E-state index contributed by atoms with van der Waals surface area (Å²) in [4.78, 5) is 16.9. The van der Waals surface area contributed by atoms with E-state index in [0.29, 0.717) is 11.1 Å². The van der Waals surface area contributed by atoms with Gasteiger partial charge in [0.15, 0.2) is 5.82 Å². The molecule has 1 amide bonds. The fourth-order valence-corrected chi connectivity index (χ4v) is 4.30. The van der Waals surface area contributed by atoms with Gasteiger partial charge in [-0.3, -0.25) is 4.79 Å². The van der Waals surface area contributed by atoms with Gasteiger partial charge in [-0.15, -0.1) is 10.2 Å². The molecule has 33 heavy (non-hydrogen) atoms. The maximum absolute atomic E-state index is 13.3. The van der Waals surface area contributed by atoms with E-state index in [9.17, 15) is 9.18 Å². The number of piperidine rings is 1. The lowest BCUT2D eigenvalue weighted by Gasteiger charge is -2.37. The van der Waals surface area contributed by atoms with Gasteiger partial charge < -0.3 is 9.80 Å². The van der Waals surface area contributed by atoms with Crippen molar-refractivity contribution in [3.63, 3.8) is 0 Å². The van der Waals surface area contributed by atoms with Gasteiger partial charge in [0, 0.05) is 37.3 Å². The average molecular weight is 444 g/mol. The summed E-state index contributed by atoms with van der Waals surface area (Å²) in [6.45, 7) is 5.61. The Bertz CT molecular complexity index is 1190. The molecule has 1 aliphatic heterocycles. The van der Waals surface area contributed by atoms with Crippen LogP contribution in [0.1, 0.15) is 39.9 Å². The van der Waals surface area contributed by atoms with Crippen LogP contribution in [0.2, 0.25) is 0 Å². The highest BCUT2D eigenvalue weighted by atomic mass is 19.1. The predicted octanol–water partition coefficient (Wildman–Crippen LogP) is 4.51. The number of aromatic nitrogens is 2. The number of nitriles is 1. The quantitative estimate of drug-likeness (QED) is 0.593. The molecule has 2 heterocycles. The molecule has 0 spiro atoms. The van der Waals surface area contributed by atoms with Gasteiger partial charge in [-0.1, -0.05) is 0 Å². The van der Waals surface area contributed by atoms with Crippen molar-refractivity contribution in [2.24, 2.45) is 0 Å². The molecule has 7 heteroatoms. The first kappa shape index (κ1) is 22.4. The van der Waals surface area contributed by atoms with Crippen LogP contribution in [0, 0.1) is 31.0 Å². The monoisotopic (exact) mass is 443 g/mol. The molecule has 0 radical (unpaired) electrons. The van der Waals surface area contributed by atoms with E-state index in [0.717, 1.165) is 54.1 Å². The van der Waals surface area contributed by atoms with E-state index in [-0.39, 0.29) is 17.8 Å². The lowest BCUT2D eigenvalue weighted by atomic mass is 10.00. The van der Waals surface area contributed by atoms with Crippen LogP contribution in [0.5, 0.6) is 0 Å². The summed E-state index contributed by atoms with van der Waals surface area (Å²) in [6.07, 6.45) is 1.66. The number of benzene rings is 2. The highest BCUT2D eigenvalue weighted by molar-refractivity contribution is 5.94. The van der Waals surface area contributed by atoms with Gasteiger partial charge in [0.05, 0.1) is 17.3 Å². The summed E-state index contributed by atoms with van der Waals surface area (Å²) in [7, 11) is 1.84. The first-order chi connectivity index (χ1) is 15.9. The molecular formula is C26H26FN5O. The van der Waals surface area contributed by atoms with Crippen molar-refractivity contribution in [1.82, 2.24) is 15.1 Å². The van der Waals surface area contributed by atoms with Crippen molar-refractivity contribution in [2.45, 2.75) is 32.7 Å². The molecule has 3 aromatic rings. The Labute approximate surface area is 193 Å². The highest BCUT2D eigenvalue weighted by Gasteiger charge is 2.28. The maximum Gasteiger partial charge on any atom is 0.253 e. The standard InChI is InChI=1S/C26H26FN5O/c1-17-18(2)25(30-29-24(17)20-8-10-22(27)11-9-20)32-14-12-23(13-15-32)31(3)26(33)21-6-4-19(16-28)5-7-21/h4-11,23H,12-15H2,1-3H3. The van der Waals surface area contributed by atoms with E-state index in [1.54, 1.807) is 41.3 Å². The third-order valence-electron chi connectivity index (χ3n) is 6.51. The number of carbonyl (C=O) groups is 1. The van der Waals surface area contributed by atoms with Gasteiger partial charge in [-0.05, 0) is 86.3 Å². The van der Waals surface area contributed by atoms with Gasteiger partial charge >= 0.3 is 0 Å². The zero-order chi connectivity index (χ0) is 23.5. The highest BCUT2D eigenvalue weighted by Crippen LogP contribution is 2.30. The van der Waals surface area contributed by atoms with Crippen LogP contribution in [0.4, 0.5) is 10.2 Å². The van der Waals surface area contributed by atoms with Gasteiger partial charge in [0.1, 0.15) is 5.82 Å². The molecule has 6 nitrogen and oxygen atoms in total. The Morgan fingerprint density at radius 3 is 2.27 bits per heavy atom. The zero-order valence-electron chi connectivity index (χ0n) is 19.0. The number of rotatable bonds is 4. The first-order valence-electron chi connectivity index (χ1n) is 11.0. The number of carbonyl (C=O) groups excluding carboxylic acids is 1. The zero-order valence-corrected chi connectivity index (χ0v) is 19.0. The van der Waals surface area contributed by atoms with E-state index in [1.165, 1.54) is 12.1 Å². The average Bonchev–Trinajstić information content (AvgIpc) is 2.85. The van der Waals surface area contributed by atoms with E-state index in [2.05, 4.69) is 21.2 Å². The topological polar surface area (TPSA) is 73.1 Å². The minimum absolute atomic E-state index is 0.0339. The number of anilines is 1. The summed E-state index contributed by atoms with van der Waals surface area (Å²) >= 11 is 0. The Hall–Kier alpha value is -3.79. The van der Waals surface area contributed by atoms with Crippen molar-refractivity contribution >= 4 is 11.7 Å². The van der Waals surface area contributed by atoms with Crippen LogP contribution in [0.25, 0.3) is 11.3 Å². The molecule has 0 atom stereocenters. The van der Waals surface area contributed by atoms with Crippen LogP contribution in [0.3, 0.4) is 0 Å². The molecule has 0 N–H and O–H groups in total. The second kappa shape index (κ2) is 9.37. The fourth-order valence-electron chi connectivity index (χ4n) is 4.30. The second-order valence-corrected chi connectivity index (χ2v) is 8.45. The van der Waals surface area contributed by atoms with Crippen LogP contribution in [-0.4, -0.2) is 47.2 Å². The normalized spacial score (nSPS) is 14.1. The van der Waals surface area contributed by atoms with Crippen LogP contribution >= 0.6 is 0 Å². The van der Waals surface area contributed by atoms with E-state index < -0.39 is 0 Å². The lowest BCUT2D eigenvalue weighted by Crippen LogP contribution is -2.46. The Balaban J connectivity index is 1.44. The lowest BCUT2D eigenvalue weighted by molar-refractivity contribution is 0.0709. The first-order valence-corrected chi connectivity index (χ1v) is 11.0. The van der Waals surface area contributed by atoms with Crippen LogP contribution in [-0.2, 0) is 0 Å². The SMILES string of the molecule is Cc1c(-c2ccc(F)cc2)nnc(N2CCC(N(C)C(=O)c3ccc(C#N)cc3)CC2)c1C. The minimum Gasteiger partial charge on any atom is -0.355 e. The number of hydrogen-bond donors (Lipinski definition) is 0. The van der Waals surface area contributed by atoms with E-state index >= 15 is 0 Å². The van der Waals surface area contributed by atoms with Gasteiger partial charge in [0.25, 0.3) is 5.91 Å². The molecule has 4 rings (SSSR count). The third kappa shape index (κ3) is 4.56. The summed E-state index contributed by atoms with van der Waals surface area (Å²) < 4.78 is 13.3. The second-order valence-electron chi connectivity index (χ2n) is 8.45. The summed E-state index contributed by atoms with van der Waals surface area (Å²) in [5, 5.41) is 17.9. The molecule has 0 saturated carbocycles. The molecule has 1 aromatic heterocycles. The summed E-state index contributed by atoms with van der Waals surface area (Å²) in [5.74, 6) is 0.550.